The summed E-state index contributed by atoms with van der Waals surface area (Å²) < 4.78 is 0. The summed E-state index contributed by atoms with van der Waals surface area (Å²) in [7, 11) is 0. The van der Waals surface area contributed by atoms with E-state index in [4.69, 9.17) is 5.73 Å². The Morgan fingerprint density at radius 1 is 1.06 bits per heavy atom. The number of carbonyl (C=O) groups excluding carboxylic acids is 1. The number of rotatable bonds is 3. The predicted octanol–water partition coefficient (Wildman–Crippen LogP) is 1.76. The largest absolute Gasteiger partial charge is 0.343 e. The van der Waals surface area contributed by atoms with Crippen LogP contribution in [0.4, 0.5) is 0 Å². The summed E-state index contributed by atoms with van der Waals surface area (Å²) in [5, 5.41) is 0. The van der Waals surface area contributed by atoms with Gasteiger partial charge in [0.05, 0.1) is 0 Å². The van der Waals surface area contributed by atoms with Crippen LogP contribution in [0.25, 0.3) is 0 Å². The van der Waals surface area contributed by atoms with Gasteiger partial charge < -0.3 is 10.6 Å². The highest BCUT2D eigenvalue weighted by Gasteiger charge is 2.25. The van der Waals surface area contributed by atoms with Gasteiger partial charge in [0.25, 0.3) is 0 Å². The number of amides is 1. The normalized spacial score (nSPS) is 30.7. The van der Waals surface area contributed by atoms with Gasteiger partial charge in [0.15, 0.2) is 0 Å². The van der Waals surface area contributed by atoms with Crippen molar-refractivity contribution in [1.29, 1.82) is 0 Å². The van der Waals surface area contributed by atoms with E-state index in [0.717, 1.165) is 32.0 Å². The third-order valence-electron chi connectivity index (χ3n) is 4.22. The summed E-state index contributed by atoms with van der Waals surface area (Å²) in [6, 6.07) is 0. The first-order chi connectivity index (χ1) is 7.79. The monoisotopic (exact) mass is 224 g/mol. The maximum Gasteiger partial charge on any atom is 0.222 e. The molecule has 2 N–H and O–H groups in total. The maximum absolute atomic E-state index is 12.0. The molecule has 0 aromatic heterocycles. The Morgan fingerprint density at radius 3 is 2.19 bits per heavy atom. The van der Waals surface area contributed by atoms with Gasteiger partial charge in [-0.2, -0.15) is 0 Å². The van der Waals surface area contributed by atoms with E-state index in [1.165, 1.54) is 38.5 Å². The fraction of sp³-hybridized carbons (Fsp3) is 0.923. The van der Waals surface area contributed by atoms with Crippen LogP contribution >= 0.6 is 0 Å². The SMILES string of the molecule is NCC1CCC(CC(=O)N2CCCC2)CC1. The minimum absolute atomic E-state index is 0.397. The second-order valence-electron chi connectivity index (χ2n) is 5.41. The topological polar surface area (TPSA) is 46.3 Å². The molecule has 1 saturated carbocycles. The summed E-state index contributed by atoms with van der Waals surface area (Å²) in [6.45, 7) is 2.82. The summed E-state index contributed by atoms with van der Waals surface area (Å²) in [6.07, 6.45) is 8.07. The van der Waals surface area contributed by atoms with Crippen LogP contribution in [-0.2, 0) is 4.79 Å². The van der Waals surface area contributed by atoms with Crippen LogP contribution in [-0.4, -0.2) is 30.4 Å². The van der Waals surface area contributed by atoms with Gasteiger partial charge >= 0.3 is 0 Å². The van der Waals surface area contributed by atoms with Crippen LogP contribution in [0.5, 0.6) is 0 Å². The summed E-state index contributed by atoms with van der Waals surface area (Å²) >= 11 is 0. The van der Waals surface area contributed by atoms with E-state index in [-0.39, 0.29) is 0 Å². The molecular weight excluding hydrogens is 200 g/mol. The van der Waals surface area contributed by atoms with Crippen molar-refractivity contribution in [3.63, 3.8) is 0 Å². The lowest BCUT2D eigenvalue weighted by atomic mass is 9.80. The van der Waals surface area contributed by atoms with Crippen molar-refractivity contribution < 1.29 is 4.79 Å². The number of carbonyl (C=O) groups is 1. The maximum atomic E-state index is 12.0. The predicted molar refractivity (Wildman–Crippen MR) is 64.9 cm³/mol. The first-order valence-corrected chi connectivity index (χ1v) is 6.77. The first-order valence-electron chi connectivity index (χ1n) is 6.77. The molecule has 0 radical (unpaired) electrons. The zero-order chi connectivity index (χ0) is 11.4. The van der Waals surface area contributed by atoms with Gasteiger partial charge in [-0.05, 0) is 56.9 Å². The molecule has 1 aliphatic carbocycles. The highest BCUT2D eigenvalue weighted by molar-refractivity contribution is 5.76. The van der Waals surface area contributed by atoms with Crippen molar-refractivity contribution in [1.82, 2.24) is 4.90 Å². The molecule has 2 fully saturated rings. The molecule has 0 aromatic rings. The van der Waals surface area contributed by atoms with Crippen molar-refractivity contribution in [2.45, 2.75) is 44.9 Å². The smallest absolute Gasteiger partial charge is 0.222 e. The third-order valence-corrected chi connectivity index (χ3v) is 4.22. The Bertz CT molecular complexity index is 228. The van der Waals surface area contributed by atoms with E-state index < -0.39 is 0 Å². The molecule has 1 aliphatic heterocycles. The van der Waals surface area contributed by atoms with Crippen LogP contribution < -0.4 is 5.73 Å². The van der Waals surface area contributed by atoms with Gasteiger partial charge in [0, 0.05) is 19.5 Å². The molecule has 0 spiro atoms. The lowest BCUT2D eigenvalue weighted by Gasteiger charge is -2.28. The highest BCUT2D eigenvalue weighted by Crippen LogP contribution is 2.30. The number of nitrogens with two attached hydrogens (primary N) is 1. The molecule has 0 aromatic carbocycles. The van der Waals surface area contributed by atoms with E-state index in [0.29, 0.717) is 11.8 Å². The Kier molecular flexibility index (Phi) is 4.22. The zero-order valence-electron chi connectivity index (χ0n) is 10.2. The molecular formula is C13H24N2O. The van der Waals surface area contributed by atoms with Crippen molar-refractivity contribution in [2.75, 3.05) is 19.6 Å². The Hall–Kier alpha value is -0.570. The van der Waals surface area contributed by atoms with E-state index >= 15 is 0 Å². The molecule has 1 heterocycles. The molecule has 1 amide bonds. The Labute approximate surface area is 98.4 Å². The number of hydrogen-bond donors (Lipinski definition) is 1. The third kappa shape index (κ3) is 2.97. The summed E-state index contributed by atoms with van der Waals surface area (Å²) in [5.74, 6) is 1.75. The Morgan fingerprint density at radius 2 is 1.62 bits per heavy atom. The van der Waals surface area contributed by atoms with Gasteiger partial charge in [-0.15, -0.1) is 0 Å². The number of hydrogen-bond acceptors (Lipinski definition) is 2. The second kappa shape index (κ2) is 5.67. The fourth-order valence-electron chi connectivity index (χ4n) is 3.01. The van der Waals surface area contributed by atoms with E-state index in [9.17, 15) is 4.79 Å². The average molecular weight is 224 g/mol. The van der Waals surface area contributed by atoms with Crippen LogP contribution in [0.2, 0.25) is 0 Å². The van der Waals surface area contributed by atoms with Gasteiger partial charge in [-0.3, -0.25) is 4.79 Å². The minimum Gasteiger partial charge on any atom is -0.343 e. The first kappa shape index (κ1) is 11.9. The molecule has 0 bridgehead atoms. The summed E-state index contributed by atoms with van der Waals surface area (Å²) in [5.41, 5.74) is 5.67. The quantitative estimate of drug-likeness (QED) is 0.794. The van der Waals surface area contributed by atoms with Crippen molar-refractivity contribution in [3.05, 3.63) is 0 Å². The van der Waals surface area contributed by atoms with Crippen molar-refractivity contribution in [2.24, 2.45) is 17.6 Å². The lowest BCUT2D eigenvalue weighted by molar-refractivity contribution is -0.131. The molecule has 2 aliphatic rings. The highest BCUT2D eigenvalue weighted by atomic mass is 16.2. The van der Waals surface area contributed by atoms with E-state index in [1.54, 1.807) is 0 Å². The fourth-order valence-corrected chi connectivity index (χ4v) is 3.01. The molecule has 3 nitrogen and oxygen atoms in total. The van der Waals surface area contributed by atoms with Crippen LogP contribution in [0.1, 0.15) is 44.9 Å². The van der Waals surface area contributed by atoms with E-state index in [2.05, 4.69) is 4.90 Å². The van der Waals surface area contributed by atoms with Crippen LogP contribution in [0.15, 0.2) is 0 Å². The van der Waals surface area contributed by atoms with Crippen molar-refractivity contribution >= 4 is 5.91 Å². The average Bonchev–Trinajstić information content (AvgIpc) is 2.83. The van der Waals surface area contributed by atoms with Crippen LogP contribution in [0.3, 0.4) is 0 Å². The number of nitrogens with zero attached hydrogens (tertiary/aromatic N) is 1. The lowest BCUT2D eigenvalue weighted by Crippen LogP contribution is -2.31. The standard InChI is InChI=1S/C13H24N2O/c14-10-12-5-3-11(4-6-12)9-13(16)15-7-1-2-8-15/h11-12H,1-10,14H2. The van der Waals surface area contributed by atoms with Gasteiger partial charge in [0.1, 0.15) is 0 Å². The molecule has 0 unspecified atom stereocenters. The molecule has 1 saturated heterocycles. The van der Waals surface area contributed by atoms with Gasteiger partial charge in [-0.25, -0.2) is 0 Å². The van der Waals surface area contributed by atoms with Gasteiger partial charge in [0.2, 0.25) is 5.91 Å². The summed E-state index contributed by atoms with van der Waals surface area (Å²) in [4.78, 5) is 14.0. The molecule has 92 valence electrons. The molecule has 2 rings (SSSR count). The number of likely N-dealkylation sites (tertiary alicyclic amines) is 1. The molecule has 3 heteroatoms. The zero-order valence-corrected chi connectivity index (χ0v) is 10.2. The van der Waals surface area contributed by atoms with Crippen LogP contribution in [0, 0.1) is 11.8 Å². The molecule has 0 atom stereocenters. The van der Waals surface area contributed by atoms with Crippen molar-refractivity contribution in [3.8, 4) is 0 Å². The Balaban J connectivity index is 1.71. The van der Waals surface area contributed by atoms with Gasteiger partial charge in [-0.1, -0.05) is 0 Å². The molecule has 16 heavy (non-hydrogen) atoms. The minimum atomic E-state index is 0.397. The van der Waals surface area contributed by atoms with E-state index in [1.807, 2.05) is 0 Å². The second-order valence-corrected chi connectivity index (χ2v) is 5.41.